The van der Waals surface area contributed by atoms with Crippen LogP contribution in [0.4, 0.5) is 0 Å². The Kier molecular flexibility index (Phi) is 5.20. The van der Waals surface area contributed by atoms with Crippen molar-refractivity contribution >= 4 is 0 Å². The highest BCUT2D eigenvalue weighted by molar-refractivity contribution is 5.03. The smallest absolute Gasteiger partial charge is 0.0292 e. The molecule has 0 amide bonds. The average molecular weight is 319 g/mol. The summed E-state index contributed by atoms with van der Waals surface area (Å²) in [5.41, 5.74) is 0.692. The van der Waals surface area contributed by atoms with Crippen LogP contribution in [0.1, 0.15) is 92.9 Å². The Balaban J connectivity index is 1.60. The monoisotopic (exact) mass is 318 g/mol. The Morgan fingerprint density at radius 1 is 1.04 bits per heavy atom. The summed E-state index contributed by atoms with van der Waals surface area (Å²) in [7, 11) is 0. The maximum absolute atomic E-state index is 2.66. The molecule has 2 bridgehead atoms. The van der Waals surface area contributed by atoms with Gasteiger partial charge in [-0.1, -0.05) is 54.4 Å². The lowest BCUT2D eigenvalue weighted by atomic mass is 9.64. The van der Waals surface area contributed by atoms with Crippen molar-refractivity contribution in [1.29, 1.82) is 0 Å². The molecule has 0 aliphatic heterocycles. The fraction of sp³-hybridized carbons (Fsp3) is 1.00. The average Bonchev–Trinajstić information content (AvgIpc) is 3.23. The predicted octanol–water partition coefficient (Wildman–Crippen LogP) is 7.18. The molecular weight excluding hydrogens is 276 g/mol. The number of hydrogen-bond donors (Lipinski definition) is 0. The van der Waals surface area contributed by atoms with Crippen molar-refractivity contribution in [2.24, 2.45) is 52.8 Å². The first-order valence-corrected chi connectivity index (χ1v) is 10.9. The molecule has 8 atom stereocenters. The van der Waals surface area contributed by atoms with E-state index in [0.717, 1.165) is 47.3 Å². The van der Waals surface area contributed by atoms with E-state index in [0.29, 0.717) is 5.41 Å². The Morgan fingerprint density at radius 2 is 1.78 bits per heavy atom. The summed E-state index contributed by atoms with van der Waals surface area (Å²) in [4.78, 5) is 0. The van der Waals surface area contributed by atoms with Crippen molar-refractivity contribution in [2.45, 2.75) is 92.9 Å². The Morgan fingerprint density at radius 3 is 2.39 bits per heavy atom. The molecule has 134 valence electrons. The summed E-state index contributed by atoms with van der Waals surface area (Å²) < 4.78 is 0. The molecule has 0 aromatic heterocycles. The number of fused-ring (bicyclic) bond motifs is 2. The molecule has 3 aliphatic rings. The summed E-state index contributed by atoms with van der Waals surface area (Å²) in [6, 6.07) is 0. The van der Waals surface area contributed by atoms with Crippen molar-refractivity contribution < 1.29 is 0 Å². The quantitative estimate of drug-likeness (QED) is 0.466. The number of unbranched alkanes of at least 4 members (excludes halogenated alkanes) is 1. The second-order valence-electron chi connectivity index (χ2n) is 10.6. The molecule has 0 spiro atoms. The van der Waals surface area contributed by atoms with Gasteiger partial charge in [-0.15, -0.1) is 0 Å². The van der Waals surface area contributed by atoms with Crippen LogP contribution in [-0.4, -0.2) is 0 Å². The summed E-state index contributed by atoms with van der Waals surface area (Å²) in [6.45, 7) is 15.0. The summed E-state index contributed by atoms with van der Waals surface area (Å²) >= 11 is 0. The lowest BCUT2D eigenvalue weighted by Gasteiger charge is -2.41. The van der Waals surface area contributed by atoms with Crippen molar-refractivity contribution in [3.8, 4) is 0 Å². The lowest BCUT2D eigenvalue weighted by molar-refractivity contribution is 0.0859. The second kappa shape index (κ2) is 6.72. The van der Waals surface area contributed by atoms with E-state index in [9.17, 15) is 0 Å². The minimum atomic E-state index is 0.692. The van der Waals surface area contributed by atoms with Crippen LogP contribution in [0.25, 0.3) is 0 Å². The van der Waals surface area contributed by atoms with Crippen LogP contribution in [-0.2, 0) is 0 Å². The van der Waals surface area contributed by atoms with Crippen molar-refractivity contribution in [3.05, 3.63) is 0 Å². The summed E-state index contributed by atoms with van der Waals surface area (Å²) in [5.74, 6) is 8.13. The van der Waals surface area contributed by atoms with Crippen LogP contribution in [0, 0.1) is 52.8 Å². The Hall–Kier alpha value is 0. The zero-order valence-electron chi connectivity index (χ0n) is 16.8. The van der Waals surface area contributed by atoms with Crippen LogP contribution < -0.4 is 0 Å². The third kappa shape index (κ3) is 3.52. The molecule has 0 heteroatoms. The van der Waals surface area contributed by atoms with Gasteiger partial charge in [-0.25, -0.2) is 0 Å². The van der Waals surface area contributed by atoms with Crippen molar-refractivity contribution in [1.82, 2.24) is 0 Å². The van der Waals surface area contributed by atoms with Gasteiger partial charge >= 0.3 is 0 Å². The van der Waals surface area contributed by atoms with E-state index in [2.05, 4.69) is 41.5 Å². The molecule has 0 radical (unpaired) electrons. The summed E-state index contributed by atoms with van der Waals surface area (Å²) in [6.07, 6.45) is 12.0. The zero-order chi connectivity index (χ0) is 16.8. The molecule has 0 N–H and O–H groups in total. The fourth-order valence-electron chi connectivity index (χ4n) is 6.93. The van der Waals surface area contributed by atoms with Gasteiger partial charge in [-0.3, -0.25) is 0 Å². The van der Waals surface area contributed by atoms with Gasteiger partial charge in [0.2, 0.25) is 0 Å². The zero-order valence-corrected chi connectivity index (χ0v) is 16.8. The van der Waals surface area contributed by atoms with E-state index >= 15 is 0 Å². The normalized spacial score (nSPS) is 47.1. The van der Waals surface area contributed by atoms with E-state index in [-0.39, 0.29) is 0 Å². The summed E-state index contributed by atoms with van der Waals surface area (Å²) in [5, 5.41) is 0. The molecule has 0 aromatic rings. The van der Waals surface area contributed by atoms with Crippen LogP contribution >= 0.6 is 0 Å². The minimum Gasteiger partial charge on any atom is -0.0654 e. The third-order valence-corrected chi connectivity index (χ3v) is 8.47. The van der Waals surface area contributed by atoms with Crippen LogP contribution in [0.15, 0.2) is 0 Å². The Bertz CT molecular complexity index is 397. The molecule has 0 saturated heterocycles. The standard InChI is InChI=1S/C23H42/c1-7-8-9-19-11-17(5)22-14-23(19,6)13-18(22)10-16(4)21-12-20(21)15(2)3/h15-22H,7-14H2,1-6H3. The van der Waals surface area contributed by atoms with Crippen molar-refractivity contribution in [2.75, 3.05) is 0 Å². The van der Waals surface area contributed by atoms with Gasteiger partial charge < -0.3 is 0 Å². The molecule has 0 nitrogen and oxygen atoms in total. The Labute approximate surface area is 146 Å². The van der Waals surface area contributed by atoms with Gasteiger partial charge in [0.25, 0.3) is 0 Å². The second-order valence-corrected chi connectivity index (χ2v) is 10.6. The maximum Gasteiger partial charge on any atom is -0.0292 e. The van der Waals surface area contributed by atoms with Gasteiger partial charge in [0.05, 0.1) is 0 Å². The first-order valence-electron chi connectivity index (χ1n) is 10.9. The maximum atomic E-state index is 2.66. The first-order chi connectivity index (χ1) is 10.9. The first kappa shape index (κ1) is 17.8. The molecule has 23 heavy (non-hydrogen) atoms. The van der Waals surface area contributed by atoms with Gasteiger partial charge in [0.1, 0.15) is 0 Å². The SMILES string of the molecule is CCCCC1CC(C)C2CC1(C)CC2CC(C)C1CC1C(C)C. The minimum absolute atomic E-state index is 0.692. The van der Waals surface area contributed by atoms with Gasteiger partial charge in [0.15, 0.2) is 0 Å². The van der Waals surface area contributed by atoms with E-state index in [4.69, 9.17) is 0 Å². The molecule has 3 rings (SSSR count). The molecular formula is C23H42. The van der Waals surface area contributed by atoms with E-state index in [1.807, 2.05) is 0 Å². The van der Waals surface area contributed by atoms with Gasteiger partial charge in [0, 0.05) is 0 Å². The molecule has 3 fully saturated rings. The van der Waals surface area contributed by atoms with Crippen molar-refractivity contribution in [3.63, 3.8) is 0 Å². The lowest BCUT2D eigenvalue weighted by Crippen LogP contribution is -2.32. The highest BCUT2D eigenvalue weighted by atomic mass is 14.6. The highest BCUT2D eigenvalue weighted by Gasteiger charge is 2.53. The molecule has 3 saturated carbocycles. The topological polar surface area (TPSA) is 0 Å². The van der Waals surface area contributed by atoms with Crippen LogP contribution in [0.2, 0.25) is 0 Å². The molecule has 8 unspecified atom stereocenters. The fourth-order valence-corrected chi connectivity index (χ4v) is 6.93. The molecule has 3 aliphatic carbocycles. The van der Waals surface area contributed by atoms with E-state index < -0.39 is 0 Å². The number of hydrogen-bond acceptors (Lipinski definition) is 0. The van der Waals surface area contributed by atoms with E-state index in [1.54, 1.807) is 19.3 Å². The predicted molar refractivity (Wildman–Crippen MR) is 101 cm³/mol. The highest BCUT2D eigenvalue weighted by Crippen LogP contribution is 2.62. The number of rotatable bonds is 7. The van der Waals surface area contributed by atoms with Gasteiger partial charge in [-0.2, -0.15) is 0 Å². The van der Waals surface area contributed by atoms with Crippen LogP contribution in [0.3, 0.4) is 0 Å². The van der Waals surface area contributed by atoms with Crippen LogP contribution in [0.5, 0.6) is 0 Å². The largest absolute Gasteiger partial charge is 0.0654 e. The van der Waals surface area contributed by atoms with Gasteiger partial charge in [-0.05, 0) is 91.3 Å². The third-order valence-electron chi connectivity index (χ3n) is 8.47. The molecule has 0 heterocycles. The molecule has 0 aromatic carbocycles. The van der Waals surface area contributed by atoms with E-state index in [1.165, 1.54) is 32.1 Å².